The van der Waals surface area contributed by atoms with Gasteiger partial charge < -0.3 is 10.5 Å². The summed E-state index contributed by atoms with van der Waals surface area (Å²) in [5.41, 5.74) is 8.23. The average Bonchev–Trinajstić information content (AvgIpc) is 2.48. The van der Waals surface area contributed by atoms with Crippen molar-refractivity contribution in [1.29, 1.82) is 0 Å². The molecule has 0 saturated carbocycles. The Bertz CT molecular complexity index is 478. The molecule has 0 spiro atoms. The SMILES string of the molecule is CCc1ccc(C(CCN)Oc2ccccc2)cc1. The maximum atomic E-state index is 6.03. The van der Waals surface area contributed by atoms with Crippen molar-refractivity contribution in [3.8, 4) is 5.75 Å². The van der Waals surface area contributed by atoms with E-state index in [1.165, 1.54) is 11.1 Å². The van der Waals surface area contributed by atoms with E-state index in [1.807, 2.05) is 30.3 Å². The minimum atomic E-state index is 0.0262. The fourth-order valence-corrected chi connectivity index (χ4v) is 2.08. The highest BCUT2D eigenvalue weighted by atomic mass is 16.5. The van der Waals surface area contributed by atoms with Gasteiger partial charge in [0, 0.05) is 6.42 Å². The van der Waals surface area contributed by atoms with E-state index in [-0.39, 0.29) is 6.10 Å². The van der Waals surface area contributed by atoms with E-state index in [4.69, 9.17) is 10.5 Å². The molecule has 0 aliphatic heterocycles. The molecule has 2 aromatic carbocycles. The Morgan fingerprint density at radius 3 is 2.26 bits per heavy atom. The summed E-state index contributed by atoms with van der Waals surface area (Å²) in [4.78, 5) is 0. The molecule has 0 radical (unpaired) electrons. The van der Waals surface area contributed by atoms with Crippen LogP contribution in [0.3, 0.4) is 0 Å². The van der Waals surface area contributed by atoms with Gasteiger partial charge in [-0.1, -0.05) is 49.4 Å². The molecule has 100 valence electrons. The number of ether oxygens (including phenoxy) is 1. The lowest BCUT2D eigenvalue weighted by molar-refractivity contribution is 0.198. The molecule has 0 aliphatic carbocycles. The van der Waals surface area contributed by atoms with Gasteiger partial charge in [0.05, 0.1) is 0 Å². The van der Waals surface area contributed by atoms with Crippen LogP contribution in [0.25, 0.3) is 0 Å². The first-order valence-electron chi connectivity index (χ1n) is 6.84. The van der Waals surface area contributed by atoms with Crippen molar-refractivity contribution in [3.63, 3.8) is 0 Å². The smallest absolute Gasteiger partial charge is 0.125 e. The van der Waals surface area contributed by atoms with Gasteiger partial charge in [-0.3, -0.25) is 0 Å². The van der Waals surface area contributed by atoms with Crippen LogP contribution in [0.2, 0.25) is 0 Å². The summed E-state index contributed by atoms with van der Waals surface area (Å²) < 4.78 is 6.03. The normalized spacial score (nSPS) is 12.1. The summed E-state index contributed by atoms with van der Waals surface area (Å²) in [7, 11) is 0. The molecule has 19 heavy (non-hydrogen) atoms. The lowest BCUT2D eigenvalue weighted by Gasteiger charge is -2.19. The predicted molar refractivity (Wildman–Crippen MR) is 79.3 cm³/mol. The van der Waals surface area contributed by atoms with Gasteiger partial charge in [0.1, 0.15) is 11.9 Å². The molecule has 0 aliphatic rings. The third-order valence-corrected chi connectivity index (χ3v) is 3.21. The number of nitrogens with two attached hydrogens (primary N) is 1. The first-order valence-corrected chi connectivity index (χ1v) is 6.84. The van der Waals surface area contributed by atoms with Crippen molar-refractivity contribution in [2.75, 3.05) is 6.54 Å². The molecule has 2 rings (SSSR count). The molecule has 0 fully saturated rings. The van der Waals surface area contributed by atoms with Gasteiger partial charge in [0.25, 0.3) is 0 Å². The molecule has 1 unspecified atom stereocenters. The van der Waals surface area contributed by atoms with Crippen LogP contribution in [-0.2, 0) is 6.42 Å². The van der Waals surface area contributed by atoms with E-state index in [0.717, 1.165) is 18.6 Å². The highest BCUT2D eigenvalue weighted by molar-refractivity contribution is 5.27. The standard InChI is InChI=1S/C17H21NO/c1-2-14-8-10-15(11-9-14)17(12-13-18)19-16-6-4-3-5-7-16/h3-11,17H,2,12-13,18H2,1H3. The molecule has 2 N–H and O–H groups in total. The van der Waals surface area contributed by atoms with Crippen LogP contribution in [0.5, 0.6) is 5.75 Å². The Morgan fingerprint density at radius 1 is 1.00 bits per heavy atom. The van der Waals surface area contributed by atoms with Gasteiger partial charge >= 0.3 is 0 Å². The van der Waals surface area contributed by atoms with Crippen molar-refractivity contribution >= 4 is 0 Å². The summed E-state index contributed by atoms with van der Waals surface area (Å²) in [5, 5.41) is 0. The van der Waals surface area contributed by atoms with E-state index >= 15 is 0 Å². The Labute approximate surface area is 115 Å². The fraction of sp³-hybridized carbons (Fsp3) is 0.294. The van der Waals surface area contributed by atoms with E-state index in [0.29, 0.717) is 6.54 Å². The van der Waals surface area contributed by atoms with E-state index in [1.54, 1.807) is 0 Å². The molecule has 0 saturated heterocycles. The van der Waals surface area contributed by atoms with Crippen LogP contribution in [0.4, 0.5) is 0 Å². The van der Waals surface area contributed by atoms with Gasteiger partial charge in [0.2, 0.25) is 0 Å². The van der Waals surface area contributed by atoms with Crippen LogP contribution in [0.1, 0.15) is 30.6 Å². The second kappa shape index (κ2) is 6.95. The fourth-order valence-electron chi connectivity index (χ4n) is 2.08. The Balaban J connectivity index is 2.14. The van der Waals surface area contributed by atoms with Crippen LogP contribution in [0, 0.1) is 0 Å². The quantitative estimate of drug-likeness (QED) is 0.854. The molecule has 0 amide bonds. The molecule has 2 aromatic rings. The molecule has 2 nitrogen and oxygen atoms in total. The third kappa shape index (κ3) is 3.83. The van der Waals surface area contributed by atoms with Crippen LogP contribution in [-0.4, -0.2) is 6.54 Å². The highest BCUT2D eigenvalue weighted by Crippen LogP contribution is 2.24. The maximum Gasteiger partial charge on any atom is 0.125 e. The zero-order chi connectivity index (χ0) is 13.5. The Morgan fingerprint density at radius 2 is 1.68 bits per heavy atom. The molecule has 0 aromatic heterocycles. The summed E-state index contributed by atoms with van der Waals surface area (Å²) >= 11 is 0. The number of aryl methyl sites for hydroxylation is 1. The Hall–Kier alpha value is -1.80. The second-order valence-corrected chi connectivity index (χ2v) is 4.59. The van der Waals surface area contributed by atoms with Crippen molar-refractivity contribution in [1.82, 2.24) is 0 Å². The van der Waals surface area contributed by atoms with E-state index in [2.05, 4.69) is 31.2 Å². The lowest BCUT2D eigenvalue weighted by atomic mass is 10.0. The lowest BCUT2D eigenvalue weighted by Crippen LogP contribution is -2.13. The molecule has 2 heteroatoms. The predicted octanol–water partition coefficient (Wildman–Crippen LogP) is 3.72. The topological polar surface area (TPSA) is 35.2 Å². The van der Waals surface area contributed by atoms with Crippen LogP contribution in [0.15, 0.2) is 54.6 Å². The minimum Gasteiger partial charge on any atom is -0.486 e. The van der Waals surface area contributed by atoms with Crippen LogP contribution >= 0.6 is 0 Å². The summed E-state index contributed by atoms with van der Waals surface area (Å²) in [6.07, 6.45) is 1.90. The average molecular weight is 255 g/mol. The molecular formula is C17H21NO. The van der Waals surface area contributed by atoms with Gasteiger partial charge in [-0.25, -0.2) is 0 Å². The number of hydrogen-bond acceptors (Lipinski definition) is 2. The number of benzene rings is 2. The van der Waals surface area contributed by atoms with Crippen molar-refractivity contribution in [2.24, 2.45) is 5.73 Å². The Kier molecular flexibility index (Phi) is 4.99. The van der Waals surface area contributed by atoms with Gasteiger partial charge in [-0.2, -0.15) is 0 Å². The zero-order valence-electron chi connectivity index (χ0n) is 11.4. The maximum absolute atomic E-state index is 6.03. The summed E-state index contributed by atoms with van der Waals surface area (Å²) in [6.45, 7) is 2.78. The minimum absolute atomic E-state index is 0.0262. The van der Waals surface area contributed by atoms with Gasteiger partial charge in [-0.05, 0) is 36.2 Å². The van der Waals surface area contributed by atoms with Gasteiger partial charge in [0.15, 0.2) is 0 Å². The molecule has 0 heterocycles. The summed E-state index contributed by atoms with van der Waals surface area (Å²) in [6, 6.07) is 18.5. The molecule has 0 bridgehead atoms. The van der Waals surface area contributed by atoms with Gasteiger partial charge in [-0.15, -0.1) is 0 Å². The summed E-state index contributed by atoms with van der Waals surface area (Å²) in [5.74, 6) is 0.889. The highest BCUT2D eigenvalue weighted by Gasteiger charge is 2.12. The van der Waals surface area contributed by atoms with Crippen molar-refractivity contribution < 1.29 is 4.74 Å². The molecule has 1 atom stereocenters. The van der Waals surface area contributed by atoms with Crippen molar-refractivity contribution in [3.05, 3.63) is 65.7 Å². The number of rotatable bonds is 6. The largest absolute Gasteiger partial charge is 0.486 e. The molecular weight excluding hydrogens is 234 g/mol. The second-order valence-electron chi connectivity index (χ2n) is 4.59. The monoisotopic (exact) mass is 255 g/mol. The van der Waals surface area contributed by atoms with E-state index < -0.39 is 0 Å². The zero-order valence-corrected chi connectivity index (χ0v) is 11.4. The van der Waals surface area contributed by atoms with Crippen LogP contribution < -0.4 is 10.5 Å². The first kappa shape index (κ1) is 13.6. The first-order chi connectivity index (χ1) is 9.33. The van der Waals surface area contributed by atoms with Crippen molar-refractivity contribution in [2.45, 2.75) is 25.9 Å². The number of hydrogen-bond donors (Lipinski definition) is 1. The van der Waals surface area contributed by atoms with E-state index in [9.17, 15) is 0 Å². The third-order valence-electron chi connectivity index (χ3n) is 3.21. The number of para-hydroxylation sites is 1.